The minimum Gasteiger partial charge on any atom is -0.311 e. The van der Waals surface area contributed by atoms with Crippen molar-refractivity contribution in [2.75, 3.05) is 9.91 Å². The minimum atomic E-state index is 0.0863. The average molecular weight is 472 g/mol. The molecule has 2 heterocycles. The smallest absolute Gasteiger partial charge is 0.0958 e. The molecule has 0 saturated carbocycles. The van der Waals surface area contributed by atoms with Crippen LogP contribution in [0.1, 0.15) is 17.2 Å². The van der Waals surface area contributed by atoms with E-state index in [9.17, 15) is 0 Å². The van der Waals surface area contributed by atoms with Gasteiger partial charge in [-0.1, -0.05) is 66.7 Å². The molecule has 0 fully saturated rings. The lowest BCUT2D eigenvalue weighted by atomic mass is 10.0. The van der Waals surface area contributed by atoms with Crippen LogP contribution in [0, 0.1) is 0 Å². The van der Waals surface area contributed by atoms with E-state index in [-0.39, 0.29) is 6.04 Å². The third-order valence-corrected chi connectivity index (χ3v) is 6.91. The van der Waals surface area contributed by atoms with Gasteiger partial charge in [-0.3, -0.25) is 10.4 Å². The van der Waals surface area contributed by atoms with Crippen LogP contribution in [0.15, 0.2) is 138 Å². The molecule has 1 unspecified atom stereocenters. The van der Waals surface area contributed by atoms with Crippen LogP contribution in [-0.2, 0) is 0 Å². The molecular formula is C31H25N3S. The first-order chi connectivity index (χ1) is 17.4. The van der Waals surface area contributed by atoms with Gasteiger partial charge in [0.05, 0.1) is 17.4 Å². The number of thiophene rings is 1. The van der Waals surface area contributed by atoms with E-state index < -0.39 is 0 Å². The summed E-state index contributed by atoms with van der Waals surface area (Å²) in [5, 5.41) is 6.55. The zero-order chi connectivity index (χ0) is 23.5. The fourth-order valence-corrected chi connectivity index (χ4v) is 5.18. The Hall–Kier alpha value is -4.28. The highest BCUT2D eigenvalue weighted by molar-refractivity contribution is 7.08. The number of nitrogens with one attached hydrogen (secondary N) is 1. The first kappa shape index (κ1) is 21.3. The average Bonchev–Trinajstić information content (AvgIpc) is 3.62. The van der Waals surface area contributed by atoms with Crippen LogP contribution in [0.25, 0.3) is 5.70 Å². The normalized spacial score (nSPS) is 14.9. The van der Waals surface area contributed by atoms with E-state index in [4.69, 9.17) is 0 Å². The highest BCUT2D eigenvalue weighted by Crippen LogP contribution is 2.38. The maximum absolute atomic E-state index is 3.64. The molecule has 0 bridgehead atoms. The molecule has 1 atom stereocenters. The molecule has 5 aromatic rings. The quantitative estimate of drug-likeness (QED) is 0.269. The Balaban J connectivity index is 1.37. The molecule has 1 aromatic heterocycles. The number of benzene rings is 4. The van der Waals surface area contributed by atoms with Gasteiger partial charge in [-0.25, -0.2) is 0 Å². The molecule has 1 aliphatic heterocycles. The first-order valence-electron chi connectivity index (χ1n) is 11.7. The van der Waals surface area contributed by atoms with Crippen molar-refractivity contribution in [3.8, 4) is 0 Å². The summed E-state index contributed by atoms with van der Waals surface area (Å²) in [7, 11) is 0. The van der Waals surface area contributed by atoms with Gasteiger partial charge in [0, 0.05) is 28.0 Å². The molecule has 1 N–H and O–H groups in total. The molecule has 0 radical (unpaired) electrons. The molecular weight excluding hydrogens is 446 g/mol. The third-order valence-electron chi connectivity index (χ3n) is 6.23. The van der Waals surface area contributed by atoms with Crippen molar-refractivity contribution >= 4 is 39.8 Å². The molecule has 1 aliphatic rings. The Morgan fingerprint density at radius 2 is 1.20 bits per heavy atom. The van der Waals surface area contributed by atoms with Gasteiger partial charge in [0.25, 0.3) is 0 Å². The Bertz CT molecular complexity index is 1360. The molecule has 0 aliphatic carbocycles. The van der Waals surface area contributed by atoms with Crippen LogP contribution in [0.5, 0.6) is 0 Å². The number of rotatable bonds is 6. The third kappa shape index (κ3) is 4.32. The molecule has 35 heavy (non-hydrogen) atoms. The topological polar surface area (TPSA) is 18.5 Å². The standard InChI is InChI=1S/C31H25N3S/c1-4-10-26(11-5-1)33(27-12-6-2-7-13-27)28-18-16-24(17-19-28)31-22-30(25-20-21-35-23-25)32-34(31)29-14-8-3-9-15-29/h1-23,31-32H. The van der Waals surface area contributed by atoms with Crippen molar-refractivity contribution in [2.45, 2.75) is 6.04 Å². The van der Waals surface area contributed by atoms with Gasteiger partial charge in [0.2, 0.25) is 0 Å². The Morgan fingerprint density at radius 3 is 1.77 bits per heavy atom. The lowest BCUT2D eigenvalue weighted by molar-refractivity contribution is 0.724. The second-order valence-electron chi connectivity index (χ2n) is 8.45. The molecule has 4 aromatic carbocycles. The van der Waals surface area contributed by atoms with Gasteiger partial charge in [-0.2, -0.15) is 11.3 Å². The summed E-state index contributed by atoms with van der Waals surface area (Å²) in [4.78, 5) is 2.29. The fraction of sp³-hybridized carbons (Fsp3) is 0.0323. The zero-order valence-electron chi connectivity index (χ0n) is 19.2. The summed E-state index contributed by atoms with van der Waals surface area (Å²) in [5.41, 5.74) is 11.8. The van der Waals surface area contributed by atoms with Crippen molar-refractivity contribution in [2.24, 2.45) is 0 Å². The van der Waals surface area contributed by atoms with E-state index >= 15 is 0 Å². The molecule has 4 heteroatoms. The molecule has 170 valence electrons. The summed E-state index contributed by atoms with van der Waals surface area (Å²) in [6.45, 7) is 0. The van der Waals surface area contributed by atoms with Gasteiger partial charge in [-0.05, 0) is 71.6 Å². The summed E-state index contributed by atoms with van der Waals surface area (Å²) in [6, 6.07) is 42.7. The van der Waals surface area contributed by atoms with E-state index in [1.165, 1.54) is 11.1 Å². The molecule has 6 rings (SSSR count). The lowest BCUT2D eigenvalue weighted by Gasteiger charge is -2.29. The van der Waals surface area contributed by atoms with E-state index in [1.54, 1.807) is 11.3 Å². The Kier molecular flexibility index (Phi) is 5.79. The van der Waals surface area contributed by atoms with Crippen molar-refractivity contribution < 1.29 is 0 Å². The Morgan fingerprint density at radius 1 is 0.629 bits per heavy atom. The van der Waals surface area contributed by atoms with Crippen molar-refractivity contribution in [3.05, 3.63) is 149 Å². The predicted octanol–water partition coefficient (Wildman–Crippen LogP) is 8.32. The van der Waals surface area contributed by atoms with E-state index in [0.717, 1.165) is 28.4 Å². The van der Waals surface area contributed by atoms with Crippen molar-refractivity contribution in [1.82, 2.24) is 5.43 Å². The van der Waals surface area contributed by atoms with E-state index in [0.29, 0.717) is 0 Å². The van der Waals surface area contributed by atoms with Crippen LogP contribution >= 0.6 is 11.3 Å². The molecule has 3 nitrogen and oxygen atoms in total. The summed E-state index contributed by atoms with van der Waals surface area (Å²) >= 11 is 1.72. The number of hydrogen-bond acceptors (Lipinski definition) is 4. The van der Waals surface area contributed by atoms with E-state index in [1.807, 2.05) is 0 Å². The predicted molar refractivity (Wildman–Crippen MR) is 148 cm³/mol. The molecule has 0 spiro atoms. The number of anilines is 4. The number of para-hydroxylation sites is 3. The molecule has 0 saturated heterocycles. The van der Waals surface area contributed by atoms with Crippen LogP contribution in [0.4, 0.5) is 22.7 Å². The SMILES string of the molecule is C1=C(c2ccsc2)NN(c2ccccc2)C1c1ccc(N(c2ccccc2)c2ccccc2)cc1. The summed E-state index contributed by atoms with van der Waals surface area (Å²) < 4.78 is 0. The van der Waals surface area contributed by atoms with Crippen LogP contribution < -0.4 is 15.3 Å². The number of hydrazine groups is 1. The zero-order valence-corrected chi connectivity index (χ0v) is 20.0. The van der Waals surface area contributed by atoms with Gasteiger partial charge in [0.1, 0.15) is 0 Å². The van der Waals surface area contributed by atoms with Gasteiger partial charge >= 0.3 is 0 Å². The minimum absolute atomic E-state index is 0.0863. The Labute approximate surface area is 210 Å². The summed E-state index contributed by atoms with van der Waals surface area (Å²) in [6.07, 6.45) is 2.32. The monoisotopic (exact) mass is 471 g/mol. The lowest BCUT2D eigenvalue weighted by Crippen LogP contribution is -2.33. The van der Waals surface area contributed by atoms with Gasteiger partial charge in [0.15, 0.2) is 0 Å². The van der Waals surface area contributed by atoms with Gasteiger partial charge < -0.3 is 4.90 Å². The van der Waals surface area contributed by atoms with Crippen LogP contribution in [0.2, 0.25) is 0 Å². The van der Waals surface area contributed by atoms with Crippen molar-refractivity contribution in [3.63, 3.8) is 0 Å². The largest absolute Gasteiger partial charge is 0.311 e. The van der Waals surface area contributed by atoms with Crippen LogP contribution in [-0.4, -0.2) is 0 Å². The molecule has 0 amide bonds. The highest BCUT2D eigenvalue weighted by atomic mass is 32.1. The second-order valence-corrected chi connectivity index (χ2v) is 9.23. The number of hydrogen-bond donors (Lipinski definition) is 1. The van der Waals surface area contributed by atoms with E-state index in [2.05, 4.69) is 153 Å². The maximum Gasteiger partial charge on any atom is 0.0958 e. The van der Waals surface area contributed by atoms with Crippen molar-refractivity contribution in [1.29, 1.82) is 0 Å². The fourth-order valence-electron chi connectivity index (χ4n) is 4.53. The highest BCUT2D eigenvalue weighted by Gasteiger charge is 2.27. The number of nitrogens with zero attached hydrogens (tertiary/aromatic N) is 2. The van der Waals surface area contributed by atoms with Crippen LogP contribution in [0.3, 0.4) is 0 Å². The summed E-state index contributed by atoms with van der Waals surface area (Å²) in [5.74, 6) is 0. The first-order valence-corrected chi connectivity index (χ1v) is 12.7. The van der Waals surface area contributed by atoms with Gasteiger partial charge in [-0.15, -0.1) is 0 Å². The maximum atomic E-state index is 3.64. The second kappa shape index (κ2) is 9.53.